The number of hydrogen-bond acceptors (Lipinski definition) is 4. The predicted octanol–water partition coefficient (Wildman–Crippen LogP) is 2.38. The van der Waals surface area contributed by atoms with Crippen LogP contribution in [0.4, 0.5) is 4.79 Å². The highest BCUT2D eigenvalue weighted by Crippen LogP contribution is 2.22. The van der Waals surface area contributed by atoms with Crippen molar-refractivity contribution < 1.29 is 14.3 Å². The summed E-state index contributed by atoms with van der Waals surface area (Å²) in [5.74, 6) is 0.608. The standard InChI is InChI=1S/C16H26N4O3/c1-11(2)10-23-14-13(12(3)21)9-18-20(14)8-7-16(4,5)19(6)15(17)22/h7-9,11H,10H2,1-6H3,(H2,17,22)/b8-7+. The molecule has 7 heteroatoms. The van der Waals surface area contributed by atoms with E-state index in [1.54, 1.807) is 19.3 Å². The maximum absolute atomic E-state index is 11.7. The van der Waals surface area contributed by atoms with Crippen LogP contribution in [0, 0.1) is 5.92 Å². The van der Waals surface area contributed by atoms with Gasteiger partial charge < -0.3 is 15.4 Å². The Labute approximate surface area is 137 Å². The molecule has 0 aromatic carbocycles. The molecule has 0 aliphatic carbocycles. The lowest BCUT2D eigenvalue weighted by Crippen LogP contribution is -2.46. The minimum atomic E-state index is -0.608. The van der Waals surface area contributed by atoms with Crippen LogP contribution in [0.5, 0.6) is 5.88 Å². The molecule has 2 amide bonds. The summed E-state index contributed by atoms with van der Waals surface area (Å²) in [5.41, 5.74) is 5.13. The third kappa shape index (κ3) is 4.84. The second-order valence-corrected chi connectivity index (χ2v) is 6.44. The van der Waals surface area contributed by atoms with E-state index < -0.39 is 11.6 Å². The largest absolute Gasteiger partial charge is 0.477 e. The maximum atomic E-state index is 11.7. The monoisotopic (exact) mass is 322 g/mol. The first-order valence-corrected chi connectivity index (χ1v) is 7.50. The number of carbonyl (C=O) groups excluding carboxylic acids is 2. The molecule has 0 fully saturated rings. The van der Waals surface area contributed by atoms with Crippen LogP contribution < -0.4 is 10.5 Å². The fourth-order valence-electron chi connectivity index (χ4n) is 1.74. The summed E-state index contributed by atoms with van der Waals surface area (Å²) < 4.78 is 7.22. The Kier molecular flexibility index (Phi) is 5.95. The Morgan fingerprint density at radius 1 is 1.48 bits per heavy atom. The van der Waals surface area contributed by atoms with Crippen LogP contribution in [-0.4, -0.2) is 45.7 Å². The predicted molar refractivity (Wildman–Crippen MR) is 89.3 cm³/mol. The Morgan fingerprint density at radius 3 is 2.57 bits per heavy atom. The number of nitrogens with zero attached hydrogens (tertiary/aromatic N) is 3. The van der Waals surface area contributed by atoms with Crippen molar-refractivity contribution in [3.05, 3.63) is 17.8 Å². The Balaban J connectivity index is 3.10. The molecule has 2 N–H and O–H groups in total. The molecule has 1 aromatic rings. The number of ketones is 1. The van der Waals surface area contributed by atoms with E-state index >= 15 is 0 Å². The van der Waals surface area contributed by atoms with Crippen LogP contribution >= 0.6 is 0 Å². The molecule has 1 aromatic heterocycles. The second kappa shape index (κ2) is 7.30. The van der Waals surface area contributed by atoms with E-state index in [1.807, 2.05) is 27.7 Å². The summed E-state index contributed by atoms with van der Waals surface area (Å²) in [6.45, 7) is 9.68. The Morgan fingerprint density at radius 2 is 2.09 bits per heavy atom. The van der Waals surface area contributed by atoms with Crippen molar-refractivity contribution in [1.29, 1.82) is 0 Å². The quantitative estimate of drug-likeness (QED) is 0.780. The van der Waals surface area contributed by atoms with Gasteiger partial charge in [0.25, 0.3) is 0 Å². The first kappa shape index (κ1) is 18.7. The molecule has 0 bridgehead atoms. The van der Waals surface area contributed by atoms with Crippen molar-refractivity contribution in [3.8, 4) is 5.88 Å². The van der Waals surface area contributed by atoms with Gasteiger partial charge in [0.2, 0.25) is 5.88 Å². The molecule has 23 heavy (non-hydrogen) atoms. The molecule has 0 saturated carbocycles. The highest BCUT2D eigenvalue weighted by atomic mass is 16.5. The van der Waals surface area contributed by atoms with Crippen LogP contribution in [-0.2, 0) is 0 Å². The van der Waals surface area contributed by atoms with Gasteiger partial charge in [-0.15, -0.1) is 0 Å². The van der Waals surface area contributed by atoms with Crippen molar-refractivity contribution in [1.82, 2.24) is 14.7 Å². The number of rotatable bonds is 7. The van der Waals surface area contributed by atoms with Crippen LogP contribution in [0.1, 0.15) is 45.0 Å². The van der Waals surface area contributed by atoms with Gasteiger partial charge in [0.05, 0.1) is 23.9 Å². The molecule has 128 valence electrons. The highest BCUT2D eigenvalue weighted by Gasteiger charge is 2.23. The van der Waals surface area contributed by atoms with Crippen molar-refractivity contribution in [2.24, 2.45) is 11.7 Å². The average Bonchev–Trinajstić information content (AvgIpc) is 2.85. The number of carbonyl (C=O) groups is 2. The molecule has 0 unspecified atom stereocenters. The van der Waals surface area contributed by atoms with Gasteiger partial charge in [0.1, 0.15) is 0 Å². The molecule has 0 spiro atoms. The topological polar surface area (TPSA) is 90.5 Å². The zero-order chi connectivity index (χ0) is 17.8. The first-order chi connectivity index (χ1) is 10.6. The lowest BCUT2D eigenvalue weighted by molar-refractivity contribution is 0.101. The number of likely N-dealkylation sites (N-methyl/N-ethyl adjacent to an activating group) is 1. The average molecular weight is 322 g/mol. The smallest absolute Gasteiger partial charge is 0.315 e. The lowest BCUT2D eigenvalue weighted by atomic mass is 10.0. The number of primary amides is 1. The minimum Gasteiger partial charge on any atom is -0.477 e. The van der Waals surface area contributed by atoms with Gasteiger partial charge in [0.15, 0.2) is 5.78 Å². The number of urea groups is 1. The van der Waals surface area contributed by atoms with Gasteiger partial charge >= 0.3 is 6.03 Å². The summed E-state index contributed by atoms with van der Waals surface area (Å²) in [7, 11) is 1.62. The van der Waals surface area contributed by atoms with Crippen LogP contribution in [0.3, 0.4) is 0 Å². The van der Waals surface area contributed by atoms with Gasteiger partial charge in [-0.05, 0) is 32.8 Å². The third-order valence-corrected chi connectivity index (χ3v) is 3.50. The number of amides is 2. The fraction of sp³-hybridized carbons (Fsp3) is 0.562. The molecule has 1 rings (SSSR count). The van der Waals surface area contributed by atoms with Gasteiger partial charge in [-0.1, -0.05) is 13.8 Å². The van der Waals surface area contributed by atoms with E-state index in [1.165, 1.54) is 22.7 Å². The molecule has 0 aliphatic heterocycles. The van der Waals surface area contributed by atoms with Gasteiger partial charge in [-0.2, -0.15) is 5.10 Å². The van der Waals surface area contributed by atoms with Crippen LogP contribution in [0.2, 0.25) is 0 Å². The summed E-state index contributed by atoms with van der Waals surface area (Å²) in [6, 6.07) is -0.527. The van der Waals surface area contributed by atoms with E-state index in [2.05, 4.69) is 5.10 Å². The Hall–Kier alpha value is -2.31. The summed E-state index contributed by atoms with van der Waals surface area (Å²) in [5, 5.41) is 4.17. The normalized spacial score (nSPS) is 12.0. The molecule has 0 radical (unpaired) electrons. The fourth-order valence-corrected chi connectivity index (χ4v) is 1.74. The summed E-state index contributed by atoms with van der Waals surface area (Å²) in [6.07, 6.45) is 4.92. The SMILES string of the molecule is CC(=O)c1cnn(/C=C/C(C)(C)N(C)C(N)=O)c1OCC(C)C. The molecular weight excluding hydrogens is 296 g/mol. The number of Topliss-reactive ketones (excluding diaryl/α,β-unsaturated/α-hetero) is 1. The highest BCUT2D eigenvalue weighted by molar-refractivity contribution is 5.96. The van der Waals surface area contributed by atoms with Gasteiger partial charge in [-0.25, -0.2) is 9.48 Å². The maximum Gasteiger partial charge on any atom is 0.315 e. The van der Waals surface area contributed by atoms with E-state index in [4.69, 9.17) is 10.5 Å². The van der Waals surface area contributed by atoms with E-state index in [-0.39, 0.29) is 5.78 Å². The molecule has 0 saturated heterocycles. The van der Waals surface area contributed by atoms with Crippen molar-refractivity contribution in [3.63, 3.8) is 0 Å². The zero-order valence-corrected chi connectivity index (χ0v) is 14.7. The van der Waals surface area contributed by atoms with Crippen molar-refractivity contribution in [2.75, 3.05) is 13.7 Å². The number of hydrogen-bond donors (Lipinski definition) is 1. The first-order valence-electron chi connectivity index (χ1n) is 7.50. The van der Waals surface area contributed by atoms with Crippen molar-refractivity contribution in [2.45, 2.75) is 40.2 Å². The third-order valence-electron chi connectivity index (χ3n) is 3.50. The molecule has 7 nitrogen and oxygen atoms in total. The number of aromatic nitrogens is 2. The molecule has 0 aliphatic rings. The summed E-state index contributed by atoms with van der Waals surface area (Å²) >= 11 is 0. The Bertz CT molecular complexity index is 602. The van der Waals surface area contributed by atoms with Gasteiger partial charge in [-0.3, -0.25) is 4.79 Å². The van der Waals surface area contributed by atoms with E-state index in [9.17, 15) is 9.59 Å². The number of ether oxygens (including phenoxy) is 1. The van der Waals surface area contributed by atoms with Crippen LogP contribution in [0.15, 0.2) is 12.3 Å². The molecular formula is C16H26N4O3. The molecule has 1 heterocycles. The van der Waals surface area contributed by atoms with E-state index in [0.717, 1.165) is 0 Å². The minimum absolute atomic E-state index is 0.114. The second-order valence-electron chi connectivity index (χ2n) is 6.44. The van der Waals surface area contributed by atoms with Crippen molar-refractivity contribution >= 4 is 18.0 Å². The number of nitrogens with two attached hydrogens (primary N) is 1. The van der Waals surface area contributed by atoms with Gasteiger partial charge in [0, 0.05) is 13.2 Å². The van der Waals surface area contributed by atoms with E-state index in [0.29, 0.717) is 24.0 Å². The summed E-state index contributed by atoms with van der Waals surface area (Å²) in [4.78, 5) is 24.4. The lowest BCUT2D eigenvalue weighted by Gasteiger charge is -2.31. The van der Waals surface area contributed by atoms with Crippen LogP contribution in [0.25, 0.3) is 6.20 Å². The zero-order valence-electron chi connectivity index (χ0n) is 14.7. The molecule has 0 atom stereocenters.